The van der Waals surface area contributed by atoms with Crippen LogP contribution in [0.1, 0.15) is 62.5 Å². The molecule has 0 unspecified atom stereocenters. The predicted molar refractivity (Wildman–Crippen MR) is 112 cm³/mol. The maximum atomic E-state index is 12.9. The van der Waals surface area contributed by atoms with Crippen molar-refractivity contribution in [3.8, 4) is 12.3 Å². The first-order valence-corrected chi connectivity index (χ1v) is 10.6. The second-order valence-electron chi connectivity index (χ2n) is 7.75. The minimum atomic E-state index is -0.529. The maximum Gasteiger partial charge on any atom is 0.286 e. The molecule has 5 heteroatoms. The Hall–Kier alpha value is -2.29. The topological polar surface area (TPSA) is 67.8 Å². The second kappa shape index (κ2) is 10.5. The van der Waals surface area contributed by atoms with Gasteiger partial charge in [0.15, 0.2) is 5.76 Å². The fourth-order valence-electron chi connectivity index (χ4n) is 4.27. The number of benzene rings is 1. The Balaban J connectivity index is 1.89. The molecular formula is C24H31NO4. The molecule has 3 atom stereocenters. The van der Waals surface area contributed by atoms with E-state index in [9.17, 15) is 9.90 Å². The van der Waals surface area contributed by atoms with Crippen LogP contribution in [-0.4, -0.2) is 36.6 Å². The van der Waals surface area contributed by atoms with Gasteiger partial charge in [-0.05, 0) is 56.4 Å². The molecular weight excluding hydrogens is 366 g/mol. The van der Waals surface area contributed by atoms with Gasteiger partial charge in [-0.25, -0.2) is 0 Å². The molecule has 0 spiro atoms. The fraction of sp³-hybridized carbons (Fsp3) is 0.542. The third-order valence-electron chi connectivity index (χ3n) is 5.79. The predicted octanol–water partition coefficient (Wildman–Crippen LogP) is 3.48. The van der Waals surface area contributed by atoms with Gasteiger partial charge in [0.25, 0.3) is 5.91 Å². The minimum absolute atomic E-state index is 0.00168. The molecule has 1 aromatic carbocycles. The van der Waals surface area contributed by atoms with E-state index in [1.54, 1.807) is 0 Å². The van der Waals surface area contributed by atoms with Crippen LogP contribution in [-0.2, 0) is 14.3 Å². The van der Waals surface area contributed by atoms with Gasteiger partial charge in [-0.2, -0.15) is 0 Å². The van der Waals surface area contributed by atoms with Crippen LogP contribution < -0.4 is 5.32 Å². The van der Waals surface area contributed by atoms with Gasteiger partial charge in [-0.1, -0.05) is 30.9 Å². The Morgan fingerprint density at radius 1 is 1.31 bits per heavy atom. The van der Waals surface area contributed by atoms with Crippen LogP contribution >= 0.6 is 0 Å². The van der Waals surface area contributed by atoms with Crippen LogP contribution in [0.25, 0.3) is 0 Å². The van der Waals surface area contributed by atoms with Crippen molar-refractivity contribution >= 4 is 5.91 Å². The first-order valence-electron chi connectivity index (χ1n) is 10.6. The molecule has 1 aromatic rings. The monoisotopic (exact) mass is 397 g/mol. The Kier molecular flexibility index (Phi) is 7.74. The highest BCUT2D eigenvalue weighted by atomic mass is 16.7. The van der Waals surface area contributed by atoms with Crippen molar-refractivity contribution in [2.45, 2.75) is 63.7 Å². The molecule has 5 nitrogen and oxygen atoms in total. The molecule has 0 saturated heterocycles. The van der Waals surface area contributed by atoms with Crippen molar-refractivity contribution in [1.82, 2.24) is 5.32 Å². The molecule has 1 heterocycles. The number of allylic oxidation sites excluding steroid dienone is 1. The van der Waals surface area contributed by atoms with E-state index in [4.69, 9.17) is 15.9 Å². The normalized spacial score (nSPS) is 24.4. The van der Waals surface area contributed by atoms with Gasteiger partial charge in [0, 0.05) is 36.7 Å². The molecule has 2 N–H and O–H groups in total. The lowest BCUT2D eigenvalue weighted by atomic mass is 9.80. The van der Waals surface area contributed by atoms with Crippen LogP contribution in [0.5, 0.6) is 0 Å². The zero-order valence-corrected chi connectivity index (χ0v) is 17.1. The number of nitrogens with one attached hydrogen (secondary N) is 1. The zero-order valence-electron chi connectivity index (χ0n) is 17.1. The van der Waals surface area contributed by atoms with E-state index in [-0.39, 0.29) is 30.4 Å². The van der Waals surface area contributed by atoms with Crippen LogP contribution in [0.4, 0.5) is 0 Å². The zero-order chi connectivity index (χ0) is 20.6. The van der Waals surface area contributed by atoms with E-state index in [1.165, 1.54) is 0 Å². The van der Waals surface area contributed by atoms with Gasteiger partial charge in [-0.3, -0.25) is 4.79 Å². The number of terminal acetylenes is 1. The highest BCUT2D eigenvalue weighted by Crippen LogP contribution is 2.39. The molecule has 1 saturated carbocycles. The van der Waals surface area contributed by atoms with Crippen molar-refractivity contribution < 1.29 is 19.4 Å². The van der Waals surface area contributed by atoms with Gasteiger partial charge in [0.05, 0.1) is 0 Å². The van der Waals surface area contributed by atoms with E-state index in [2.05, 4.69) is 11.2 Å². The van der Waals surface area contributed by atoms with Gasteiger partial charge < -0.3 is 19.9 Å². The van der Waals surface area contributed by atoms with E-state index in [0.717, 1.165) is 43.2 Å². The number of hydrogen-bond acceptors (Lipinski definition) is 4. The van der Waals surface area contributed by atoms with E-state index in [1.807, 2.05) is 37.3 Å². The summed E-state index contributed by atoms with van der Waals surface area (Å²) in [6.07, 6.45) is 12.6. The van der Waals surface area contributed by atoms with Crippen molar-refractivity contribution in [2.24, 2.45) is 5.92 Å². The van der Waals surface area contributed by atoms with Crippen molar-refractivity contribution in [2.75, 3.05) is 13.2 Å². The van der Waals surface area contributed by atoms with Gasteiger partial charge in [0.2, 0.25) is 6.29 Å². The van der Waals surface area contributed by atoms with Gasteiger partial charge in [-0.15, -0.1) is 6.42 Å². The van der Waals surface area contributed by atoms with Crippen molar-refractivity contribution in [3.63, 3.8) is 0 Å². The van der Waals surface area contributed by atoms with Crippen LogP contribution in [0.2, 0.25) is 0 Å². The molecule has 1 fully saturated rings. The molecule has 0 radical (unpaired) electrons. The SMILES string of the molecule is C#Cc1ccc([C@H]2C=C(C(=O)NC3CCCC3)O[C@@H](OCC)[C@@H]2CCCO)cc1. The number of hydrogen-bond donors (Lipinski definition) is 2. The first kappa shape index (κ1) is 21.4. The summed E-state index contributed by atoms with van der Waals surface area (Å²) in [4.78, 5) is 12.9. The number of carbonyl (C=O) groups is 1. The lowest BCUT2D eigenvalue weighted by molar-refractivity contribution is -0.166. The number of aliphatic hydroxyl groups is 1. The number of amides is 1. The summed E-state index contributed by atoms with van der Waals surface area (Å²) in [6, 6.07) is 8.05. The molecule has 3 rings (SSSR count). The Labute approximate surface area is 173 Å². The third kappa shape index (κ3) is 5.41. The van der Waals surface area contributed by atoms with E-state index in [0.29, 0.717) is 18.8 Å². The number of rotatable bonds is 8. The van der Waals surface area contributed by atoms with Crippen molar-refractivity contribution in [1.29, 1.82) is 0 Å². The lowest BCUT2D eigenvalue weighted by Crippen LogP contribution is -2.41. The highest BCUT2D eigenvalue weighted by Gasteiger charge is 2.38. The summed E-state index contributed by atoms with van der Waals surface area (Å²) in [5.41, 5.74) is 1.88. The highest BCUT2D eigenvalue weighted by molar-refractivity contribution is 5.92. The van der Waals surface area contributed by atoms with Crippen LogP contribution in [0.15, 0.2) is 36.1 Å². The Morgan fingerprint density at radius 3 is 2.66 bits per heavy atom. The van der Waals surface area contributed by atoms with Crippen LogP contribution in [0, 0.1) is 18.3 Å². The lowest BCUT2D eigenvalue weighted by Gasteiger charge is -2.37. The number of carbonyl (C=O) groups excluding carboxylic acids is 1. The molecule has 0 bridgehead atoms. The smallest absolute Gasteiger partial charge is 0.286 e. The van der Waals surface area contributed by atoms with Gasteiger partial charge in [0.1, 0.15) is 0 Å². The second-order valence-corrected chi connectivity index (χ2v) is 7.75. The molecule has 1 aliphatic carbocycles. The maximum absolute atomic E-state index is 12.9. The minimum Gasteiger partial charge on any atom is -0.459 e. The fourth-order valence-corrected chi connectivity index (χ4v) is 4.27. The first-order chi connectivity index (χ1) is 14.2. The quantitative estimate of drug-likeness (QED) is 0.659. The molecule has 1 aliphatic heterocycles. The summed E-state index contributed by atoms with van der Waals surface area (Å²) in [6.45, 7) is 2.51. The Bertz CT molecular complexity index is 743. The summed E-state index contributed by atoms with van der Waals surface area (Å²) in [7, 11) is 0. The Morgan fingerprint density at radius 2 is 2.03 bits per heavy atom. The summed E-state index contributed by atoms with van der Waals surface area (Å²) in [5.74, 6) is 2.73. The van der Waals surface area contributed by atoms with E-state index >= 15 is 0 Å². The van der Waals surface area contributed by atoms with Gasteiger partial charge >= 0.3 is 0 Å². The standard InChI is InChI=1S/C24H31NO4/c1-3-17-11-13-18(14-12-17)21-16-22(23(27)25-19-8-5-6-9-19)29-24(28-4-2)20(21)10-7-15-26/h1,11-14,16,19-21,24,26H,4-10,15H2,2H3,(H,25,27)/t20-,21-,24-/m1/s1. The molecule has 0 aromatic heterocycles. The van der Waals surface area contributed by atoms with E-state index < -0.39 is 6.29 Å². The van der Waals surface area contributed by atoms with Crippen LogP contribution in [0.3, 0.4) is 0 Å². The molecule has 29 heavy (non-hydrogen) atoms. The average Bonchev–Trinajstić information content (AvgIpc) is 3.25. The summed E-state index contributed by atoms with van der Waals surface area (Å²) < 4.78 is 11.9. The largest absolute Gasteiger partial charge is 0.459 e. The average molecular weight is 398 g/mol. The van der Waals surface area contributed by atoms with Crippen molar-refractivity contribution in [3.05, 3.63) is 47.2 Å². The number of aliphatic hydroxyl groups excluding tert-OH is 1. The molecule has 156 valence electrons. The molecule has 1 amide bonds. The summed E-state index contributed by atoms with van der Waals surface area (Å²) in [5, 5.41) is 12.5. The number of ether oxygens (including phenoxy) is 2. The third-order valence-corrected chi connectivity index (χ3v) is 5.79. The summed E-state index contributed by atoms with van der Waals surface area (Å²) >= 11 is 0. The molecule has 2 aliphatic rings.